The molecule has 2 rings (SSSR count). The number of alkyl halides is 3. The van der Waals surface area contributed by atoms with E-state index in [0.717, 1.165) is 11.8 Å². The fourth-order valence-corrected chi connectivity index (χ4v) is 1.84. The van der Waals surface area contributed by atoms with Crippen molar-refractivity contribution in [2.75, 3.05) is 7.05 Å². The largest absolute Gasteiger partial charge is 0.416 e. The van der Waals surface area contributed by atoms with Crippen molar-refractivity contribution in [1.29, 1.82) is 0 Å². The first-order valence-corrected chi connectivity index (χ1v) is 5.79. The molecule has 0 aliphatic carbocycles. The zero-order valence-electron chi connectivity index (χ0n) is 10.6. The summed E-state index contributed by atoms with van der Waals surface area (Å²) in [4.78, 5) is 0. The van der Waals surface area contributed by atoms with Gasteiger partial charge in [-0.1, -0.05) is 6.07 Å². The molecular formula is C13H14F3N3. The Hall–Kier alpha value is -1.82. The third-order valence-electron chi connectivity index (χ3n) is 2.79. The molecule has 3 nitrogen and oxygen atoms in total. The number of aryl methyl sites for hydroxylation is 1. The minimum Gasteiger partial charge on any atom is -0.314 e. The second-order valence-electron chi connectivity index (χ2n) is 4.28. The molecule has 1 aromatic carbocycles. The Balaban J connectivity index is 2.39. The molecule has 0 bridgehead atoms. The normalized spacial score (nSPS) is 11.8. The third-order valence-corrected chi connectivity index (χ3v) is 2.79. The van der Waals surface area contributed by atoms with Crippen molar-refractivity contribution >= 4 is 0 Å². The van der Waals surface area contributed by atoms with Gasteiger partial charge in [0.1, 0.15) is 0 Å². The van der Waals surface area contributed by atoms with Crippen molar-refractivity contribution in [2.24, 2.45) is 0 Å². The van der Waals surface area contributed by atoms with Crippen molar-refractivity contribution in [3.05, 3.63) is 47.3 Å². The molecule has 6 heteroatoms. The van der Waals surface area contributed by atoms with Crippen molar-refractivity contribution in [2.45, 2.75) is 19.6 Å². The van der Waals surface area contributed by atoms with Gasteiger partial charge in [0.05, 0.1) is 16.9 Å². The second kappa shape index (κ2) is 5.05. The minimum absolute atomic E-state index is 0.207. The van der Waals surface area contributed by atoms with E-state index in [4.69, 9.17) is 0 Å². The van der Waals surface area contributed by atoms with Crippen LogP contribution >= 0.6 is 0 Å². The van der Waals surface area contributed by atoms with Crippen LogP contribution in [0.3, 0.4) is 0 Å². The molecule has 1 N–H and O–H groups in total. The monoisotopic (exact) mass is 269 g/mol. The quantitative estimate of drug-likeness (QED) is 0.928. The number of hydrogen-bond donors (Lipinski definition) is 1. The Bertz CT molecular complexity index is 573. The molecule has 1 aromatic heterocycles. The Kier molecular flexibility index (Phi) is 3.61. The van der Waals surface area contributed by atoms with Crippen molar-refractivity contribution < 1.29 is 13.2 Å². The van der Waals surface area contributed by atoms with Gasteiger partial charge in [0, 0.05) is 12.7 Å². The first kappa shape index (κ1) is 13.6. The summed E-state index contributed by atoms with van der Waals surface area (Å²) in [5.74, 6) is 0. The van der Waals surface area contributed by atoms with Crippen LogP contribution in [0.25, 0.3) is 5.69 Å². The van der Waals surface area contributed by atoms with Gasteiger partial charge in [0.2, 0.25) is 0 Å². The standard InChI is InChI=1S/C13H14F3N3/c1-9-3-4-11(7-12(9)13(14,15)16)19-6-5-10(18-19)8-17-2/h3-7,17H,8H2,1-2H3. The van der Waals surface area contributed by atoms with Gasteiger partial charge in [-0.3, -0.25) is 0 Å². The lowest BCUT2D eigenvalue weighted by atomic mass is 10.1. The summed E-state index contributed by atoms with van der Waals surface area (Å²) >= 11 is 0. The maximum Gasteiger partial charge on any atom is 0.416 e. The van der Waals surface area contributed by atoms with E-state index in [2.05, 4.69) is 10.4 Å². The lowest BCUT2D eigenvalue weighted by Gasteiger charge is -2.12. The van der Waals surface area contributed by atoms with Crippen LogP contribution in [-0.2, 0) is 12.7 Å². The summed E-state index contributed by atoms with van der Waals surface area (Å²) in [5, 5.41) is 7.15. The summed E-state index contributed by atoms with van der Waals surface area (Å²) in [6, 6.07) is 5.97. The Morgan fingerprint density at radius 1 is 1.26 bits per heavy atom. The molecule has 0 fully saturated rings. The summed E-state index contributed by atoms with van der Waals surface area (Å²) in [5.41, 5.74) is 0.756. The molecule has 2 aromatic rings. The molecule has 0 spiro atoms. The van der Waals surface area contributed by atoms with Crippen LogP contribution in [0.1, 0.15) is 16.8 Å². The van der Waals surface area contributed by atoms with Crippen LogP contribution in [0.4, 0.5) is 13.2 Å². The Morgan fingerprint density at radius 2 is 2.00 bits per heavy atom. The average Bonchev–Trinajstić information content (AvgIpc) is 2.77. The van der Waals surface area contributed by atoms with Crippen LogP contribution in [0, 0.1) is 6.92 Å². The summed E-state index contributed by atoms with van der Waals surface area (Å²) < 4.78 is 39.9. The SMILES string of the molecule is CNCc1ccn(-c2ccc(C)c(C(F)(F)F)c2)n1. The van der Waals surface area contributed by atoms with Gasteiger partial charge in [0.25, 0.3) is 0 Å². The summed E-state index contributed by atoms with van der Waals surface area (Å²) in [6.45, 7) is 2.02. The summed E-state index contributed by atoms with van der Waals surface area (Å²) in [7, 11) is 1.78. The maximum absolute atomic E-state index is 12.8. The van der Waals surface area contributed by atoms with Gasteiger partial charge in [-0.2, -0.15) is 18.3 Å². The highest BCUT2D eigenvalue weighted by molar-refractivity contribution is 5.41. The molecule has 0 saturated heterocycles. The van der Waals surface area contributed by atoms with E-state index in [1.165, 1.54) is 17.7 Å². The number of rotatable bonds is 3. The van der Waals surface area contributed by atoms with E-state index >= 15 is 0 Å². The highest BCUT2D eigenvalue weighted by atomic mass is 19.4. The molecule has 0 aliphatic rings. The molecule has 0 atom stereocenters. The number of nitrogens with one attached hydrogen (secondary N) is 1. The zero-order chi connectivity index (χ0) is 14.0. The Labute approximate surface area is 109 Å². The lowest BCUT2D eigenvalue weighted by molar-refractivity contribution is -0.138. The first-order valence-electron chi connectivity index (χ1n) is 5.79. The number of halogens is 3. The van der Waals surface area contributed by atoms with Crippen molar-refractivity contribution in [1.82, 2.24) is 15.1 Å². The highest BCUT2D eigenvalue weighted by Gasteiger charge is 2.32. The van der Waals surface area contributed by atoms with Crippen LogP contribution in [-0.4, -0.2) is 16.8 Å². The first-order chi connectivity index (χ1) is 8.91. The van der Waals surface area contributed by atoms with Gasteiger partial charge in [0.15, 0.2) is 0 Å². The van der Waals surface area contributed by atoms with Crippen LogP contribution in [0.5, 0.6) is 0 Å². The van der Waals surface area contributed by atoms with Crippen molar-refractivity contribution in [3.8, 4) is 5.69 Å². The molecule has 1 heterocycles. The van der Waals surface area contributed by atoms with E-state index < -0.39 is 11.7 Å². The van der Waals surface area contributed by atoms with E-state index in [-0.39, 0.29) is 5.56 Å². The van der Waals surface area contributed by atoms with E-state index in [0.29, 0.717) is 12.2 Å². The molecule has 102 valence electrons. The molecule has 0 saturated carbocycles. The van der Waals surface area contributed by atoms with Gasteiger partial charge in [-0.25, -0.2) is 4.68 Å². The average molecular weight is 269 g/mol. The van der Waals surface area contributed by atoms with Gasteiger partial charge < -0.3 is 5.32 Å². The molecule has 0 unspecified atom stereocenters. The fraction of sp³-hybridized carbons (Fsp3) is 0.308. The predicted molar refractivity (Wildman–Crippen MR) is 66.1 cm³/mol. The molecule has 0 aliphatic heterocycles. The van der Waals surface area contributed by atoms with Gasteiger partial charge >= 0.3 is 6.18 Å². The fourth-order valence-electron chi connectivity index (χ4n) is 1.84. The van der Waals surface area contributed by atoms with Crippen LogP contribution in [0.2, 0.25) is 0 Å². The number of benzene rings is 1. The van der Waals surface area contributed by atoms with Crippen molar-refractivity contribution in [3.63, 3.8) is 0 Å². The second-order valence-corrected chi connectivity index (χ2v) is 4.28. The molecule has 0 radical (unpaired) electrons. The zero-order valence-corrected chi connectivity index (χ0v) is 10.6. The number of aromatic nitrogens is 2. The predicted octanol–water partition coefficient (Wildman–Crippen LogP) is 2.92. The highest BCUT2D eigenvalue weighted by Crippen LogP contribution is 2.32. The van der Waals surface area contributed by atoms with E-state index in [1.807, 2.05) is 0 Å². The molecule has 0 amide bonds. The van der Waals surface area contributed by atoms with Gasteiger partial charge in [-0.15, -0.1) is 0 Å². The maximum atomic E-state index is 12.8. The lowest BCUT2D eigenvalue weighted by Crippen LogP contribution is -2.09. The molecule has 19 heavy (non-hydrogen) atoms. The topological polar surface area (TPSA) is 29.9 Å². The number of hydrogen-bond acceptors (Lipinski definition) is 2. The van der Waals surface area contributed by atoms with Crippen LogP contribution < -0.4 is 5.32 Å². The molecular weight excluding hydrogens is 255 g/mol. The third kappa shape index (κ3) is 2.96. The smallest absolute Gasteiger partial charge is 0.314 e. The Morgan fingerprint density at radius 3 is 2.63 bits per heavy atom. The van der Waals surface area contributed by atoms with Crippen LogP contribution in [0.15, 0.2) is 30.5 Å². The van der Waals surface area contributed by atoms with E-state index in [9.17, 15) is 13.2 Å². The number of nitrogens with zero attached hydrogens (tertiary/aromatic N) is 2. The minimum atomic E-state index is -4.35. The van der Waals surface area contributed by atoms with E-state index in [1.54, 1.807) is 25.4 Å². The van der Waals surface area contributed by atoms with Gasteiger partial charge in [-0.05, 0) is 37.7 Å². The summed E-state index contributed by atoms with van der Waals surface area (Å²) in [6.07, 6.45) is -2.70.